The molecule has 18 heavy (non-hydrogen) atoms. The quantitative estimate of drug-likeness (QED) is 0.890. The topological polar surface area (TPSA) is 30.5 Å². The number of fused-ring (bicyclic) bond motifs is 1. The van der Waals surface area contributed by atoms with Crippen LogP contribution in [-0.4, -0.2) is 26.8 Å². The van der Waals surface area contributed by atoms with Crippen LogP contribution in [0.5, 0.6) is 11.5 Å². The fourth-order valence-corrected chi connectivity index (χ4v) is 2.28. The molecule has 0 fully saturated rings. The molecule has 0 saturated carbocycles. The molecule has 1 aliphatic rings. The minimum absolute atomic E-state index is 0.508. The molecule has 3 heteroatoms. The molecule has 1 aromatic rings. The largest absolute Gasteiger partial charge is 0.490 e. The van der Waals surface area contributed by atoms with Crippen molar-refractivity contribution in [3.63, 3.8) is 0 Å². The Morgan fingerprint density at radius 3 is 2.44 bits per heavy atom. The van der Waals surface area contributed by atoms with Gasteiger partial charge in [-0.1, -0.05) is 13.8 Å². The van der Waals surface area contributed by atoms with Crippen molar-refractivity contribution in [1.29, 1.82) is 0 Å². The molecule has 1 aliphatic heterocycles. The van der Waals surface area contributed by atoms with E-state index in [9.17, 15) is 0 Å². The van der Waals surface area contributed by atoms with E-state index in [-0.39, 0.29) is 0 Å². The summed E-state index contributed by atoms with van der Waals surface area (Å²) in [6.07, 6.45) is 1.98. The number of hydrogen-bond acceptors (Lipinski definition) is 3. The lowest BCUT2D eigenvalue weighted by molar-refractivity contribution is 0.297. The SMILES string of the molecule is CNCCc1cc2c(cc1C(C)C)OCCCO2. The van der Waals surface area contributed by atoms with Crippen LogP contribution in [0.1, 0.15) is 37.3 Å². The number of hydrogen-bond donors (Lipinski definition) is 1. The number of likely N-dealkylation sites (N-methyl/N-ethyl adjacent to an activating group) is 1. The first-order valence-corrected chi connectivity index (χ1v) is 6.79. The lowest BCUT2D eigenvalue weighted by Crippen LogP contribution is -2.12. The Bertz CT molecular complexity index is 402. The van der Waals surface area contributed by atoms with Gasteiger partial charge in [-0.05, 0) is 49.2 Å². The maximum absolute atomic E-state index is 5.76. The molecule has 0 amide bonds. The molecule has 2 rings (SSSR count). The zero-order valence-electron chi connectivity index (χ0n) is 11.6. The second kappa shape index (κ2) is 6.10. The monoisotopic (exact) mass is 249 g/mol. The molecule has 0 spiro atoms. The van der Waals surface area contributed by atoms with E-state index in [1.165, 1.54) is 11.1 Å². The molecule has 100 valence electrons. The number of nitrogens with one attached hydrogen (secondary N) is 1. The van der Waals surface area contributed by atoms with Crippen molar-refractivity contribution in [3.8, 4) is 11.5 Å². The van der Waals surface area contributed by atoms with E-state index in [4.69, 9.17) is 9.47 Å². The minimum Gasteiger partial charge on any atom is -0.490 e. The summed E-state index contributed by atoms with van der Waals surface area (Å²) in [5.41, 5.74) is 2.73. The highest BCUT2D eigenvalue weighted by atomic mass is 16.5. The minimum atomic E-state index is 0.508. The summed E-state index contributed by atoms with van der Waals surface area (Å²) in [4.78, 5) is 0. The van der Waals surface area contributed by atoms with Gasteiger partial charge >= 0.3 is 0 Å². The third kappa shape index (κ3) is 2.96. The van der Waals surface area contributed by atoms with Crippen molar-refractivity contribution >= 4 is 0 Å². The van der Waals surface area contributed by atoms with Crippen LogP contribution in [0.3, 0.4) is 0 Å². The van der Waals surface area contributed by atoms with E-state index in [1.807, 2.05) is 7.05 Å². The predicted molar refractivity (Wildman–Crippen MR) is 73.8 cm³/mol. The summed E-state index contributed by atoms with van der Waals surface area (Å²) in [5, 5.41) is 3.20. The molecular weight excluding hydrogens is 226 g/mol. The maximum Gasteiger partial charge on any atom is 0.161 e. The van der Waals surface area contributed by atoms with E-state index in [1.54, 1.807) is 0 Å². The lowest BCUT2D eigenvalue weighted by Gasteiger charge is -2.17. The zero-order valence-corrected chi connectivity index (χ0v) is 11.6. The van der Waals surface area contributed by atoms with Crippen LogP contribution in [0.25, 0.3) is 0 Å². The summed E-state index contributed by atoms with van der Waals surface area (Å²) in [6, 6.07) is 4.32. The first-order chi connectivity index (χ1) is 8.72. The molecule has 0 aliphatic carbocycles. The van der Waals surface area contributed by atoms with Crippen molar-refractivity contribution in [2.75, 3.05) is 26.8 Å². The van der Waals surface area contributed by atoms with Gasteiger partial charge in [0.05, 0.1) is 13.2 Å². The Balaban J connectivity index is 2.34. The van der Waals surface area contributed by atoms with Gasteiger partial charge in [0.25, 0.3) is 0 Å². The van der Waals surface area contributed by atoms with Gasteiger partial charge in [0, 0.05) is 6.42 Å². The van der Waals surface area contributed by atoms with Crippen LogP contribution in [0.15, 0.2) is 12.1 Å². The van der Waals surface area contributed by atoms with Crippen LogP contribution in [0.2, 0.25) is 0 Å². The van der Waals surface area contributed by atoms with Gasteiger partial charge in [0.15, 0.2) is 11.5 Å². The molecule has 0 radical (unpaired) electrons. The summed E-state index contributed by atoms with van der Waals surface area (Å²) >= 11 is 0. The molecule has 3 nitrogen and oxygen atoms in total. The highest BCUT2D eigenvalue weighted by Gasteiger charge is 2.16. The third-order valence-electron chi connectivity index (χ3n) is 3.28. The second-order valence-electron chi connectivity index (χ2n) is 5.06. The summed E-state index contributed by atoms with van der Waals surface area (Å²) in [6.45, 7) is 6.93. The molecule has 1 heterocycles. The van der Waals surface area contributed by atoms with E-state index in [2.05, 4.69) is 31.3 Å². The molecule has 0 bridgehead atoms. The van der Waals surface area contributed by atoms with E-state index < -0.39 is 0 Å². The van der Waals surface area contributed by atoms with E-state index in [0.717, 1.165) is 44.1 Å². The predicted octanol–water partition coefficient (Wildman–Crippen LogP) is 2.73. The van der Waals surface area contributed by atoms with Crippen molar-refractivity contribution in [1.82, 2.24) is 5.32 Å². The van der Waals surface area contributed by atoms with Crippen LogP contribution >= 0.6 is 0 Å². The van der Waals surface area contributed by atoms with Crippen LogP contribution < -0.4 is 14.8 Å². The molecule has 1 aromatic carbocycles. The normalized spacial score (nSPS) is 14.7. The Morgan fingerprint density at radius 2 is 1.83 bits per heavy atom. The highest BCUT2D eigenvalue weighted by Crippen LogP contribution is 2.35. The molecule has 0 atom stereocenters. The van der Waals surface area contributed by atoms with Gasteiger partial charge in [0.1, 0.15) is 0 Å². The van der Waals surface area contributed by atoms with Gasteiger partial charge in [-0.15, -0.1) is 0 Å². The molecule has 0 unspecified atom stereocenters. The third-order valence-corrected chi connectivity index (χ3v) is 3.28. The average molecular weight is 249 g/mol. The van der Waals surface area contributed by atoms with Gasteiger partial charge < -0.3 is 14.8 Å². The van der Waals surface area contributed by atoms with Gasteiger partial charge in [-0.25, -0.2) is 0 Å². The highest BCUT2D eigenvalue weighted by molar-refractivity contribution is 5.49. The summed E-state index contributed by atoms with van der Waals surface area (Å²) in [7, 11) is 1.98. The Labute approximate surface area is 109 Å². The fourth-order valence-electron chi connectivity index (χ4n) is 2.28. The Hall–Kier alpha value is -1.22. The van der Waals surface area contributed by atoms with E-state index in [0.29, 0.717) is 5.92 Å². The Morgan fingerprint density at radius 1 is 1.17 bits per heavy atom. The van der Waals surface area contributed by atoms with E-state index >= 15 is 0 Å². The molecular formula is C15H23NO2. The molecule has 0 aromatic heterocycles. The zero-order chi connectivity index (χ0) is 13.0. The number of ether oxygens (including phenoxy) is 2. The van der Waals surface area contributed by atoms with Crippen molar-refractivity contribution in [2.45, 2.75) is 32.6 Å². The van der Waals surface area contributed by atoms with Gasteiger partial charge in [-0.2, -0.15) is 0 Å². The summed E-state index contributed by atoms with van der Waals surface area (Å²) in [5.74, 6) is 2.32. The van der Waals surface area contributed by atoms with Gasteiger partial charge in [-0.3, -0.25) is 0 Å². The maximum atomic E-state index is 5.76. The van der Waals surface area contributed by atoms with Crippen LogP contribution in [-0.2, 0) is 6.42 Å². The van der Waals surface area contributed by atoms with Crippen LogP contribution in [0.4, 0.5) is 0 Å². The van der Waals surface area contributed by atoms with Crippen molar-refractivity contribution < 1.29 is 9.47 Å². The Kier molecular flexibility index (Phi) is 4.48. The first-order valence-electron chi connectivity index (χ1n) is 6.79. The first kappa shape index (κ1) is 13.2. The smallest absolute Gasteiger partial charge is 0.161 e. The molecule has 1 N–H and O–H groups in total. The fraction of sp³-hybridized carbons (Fsp3) is 0.600. The lowest BCUT2D eigenvalue weighted by atomic mass is 9.94. The average Bonchev–Trinajstić information content (AvgIpc) is 2.59. The van der Waals surface area contributed by atoms with Gasteiger partial charge in [0.2, 0.25) is 0 Å². The number of benzene rings is 1. The standard InChI is InChI=1S/C15H23NO2/c1-11(2)13-10-15-14(17-7-4-8-18-15)9-12(13)5-6-16-3/h9-11,16H,4-8H2,1-3H3. The van der Waals surface area contributed by atoms with Crippen molar-refractivity contribution in [3.05, 3.63) is 23.3 Å². The number of rotatable bonds is 4. The molecule has 0 saturated heterocycles. The summed E-state index contributed by atoms with van der Waals surface area (Å²) < 4.78 is 11.5. The van der Waals surface area contributed by atoms with Crippen LogP contribution in [0, 0.1) is 0 Å². The second-order valence-corrected chi connectivity index (χ2v) is 5.06. The van der Waals surface area contributed by atoms with Crippen molar-refractivity contribution in [2.24, 2.45) is 0 Å².